The molecule has 0 saturated carbocycles. The molecule has 2 aromatic rings. The highest BCUT2D eigenvalue weighted by Gasteiger charge is 2.20. The first-order valence-electron chi connectivity index (χ1n) is 9.75. The number of nitrogens with zero attached hydrogens (tertiary/aromatic N) is 2. The van der Waals surface area contributed by atoms with E-state index in [0.717, 1.165) is 16.1 Å². The number of hydrogen-bond acceptors (Lipinski definition) is 6. The van der Waals surface area contributed by atoms with Crippen LogP contribution in [0.25, 0.3) is 0 Å². The zero-order chi connectivity index (χ0) is 21.2. The first kappa shape index (κ1) is 22.8. The third-order valence-corrected chi connectivity index (χ3v) is 5.50. The lowest BCUT2D eigenvalue weighted by Crippen LogP contribution is -2.38. The van der Waals surface area contributed by atoms with E-state index in [2.05, 4.69) is 44.9 Å². The Labute approximate surface area is 176 Å². The van der Waals surface area contributed by atoms with Crippen molar-refractivity contribution in [2.75, 3.05) is 20.3 Å². The molecule has 1 unspecified atom stereocenters. The molecule has 8 heteroatoms. The minimum atomic E-state index is -0.323. The van der Waals surface area contributed by atoms with Crippen LogP contribution in [-0.2, 0) is 22.6 Å². The van der Waals surface area contributed by atoms with Gasteiger partial charge in [0, 0.05) is 20.2 Å². The summed E-state index contributed by atoms with van der Waals surface area (Å²) in [5, 5.41) is 7.44. The second kappa shape index (κ2) is 11.5. The van der Waals surface area contributed by atoms with Crippen molar-refractivity contribution in [3.63, 3.8) is 0 Å². The van der Waals surface area contributed by atoms with E-state index in [1.54, 1.807) is 14.0 Å². The number of ether oxygens (including phenoxy) is 2. The lowest BCUT2D eigenvalue weighted by Gasteiger charge is -2.16. The van der Waals surface area contributed by atoms with Crippen LogP contribution < -0.4 is 10.6 Å². The number of aromatic nitrogens is 1. The summed E-state index contributed by atoms with van der Waals surface area (Å²) >= 11 is 1.35. The summed E-state index contributed by atoms with van der Waals surface area (Å²) in [6, 6.07) is 8.20. The molecule has 0 aliphatic carbocycles. The third-order valence-electron chi connectivity index (χ3n) is 4.18. The molecular weight excluding hydrogens is 388 g/mol. The Bertz CT molecular complexity index is 818. The Morgan fingerprint density at radius 3 is 2.52 bits per heavy atom. The van der Waals surface area contributed by atoms with Crippen molar-refractivity contribution in [3.05, 3.63) is 51.0 Å². The van der Waals surface area contributed by atoms with Crippen LogP contribution in [0.5, 0.6) is 0 Å². The van der Waals surface area contributed by atoms with Gasteiger partial charge in [-0.1, -0.05) is 24.3 Å². The number of carbonyl (C=O) groups is 1. The van der Waals surface area contributed by atoms with Gasteiger partial charge in [-0.25, -0.2) is 9.78 Å². The summed E-state index contributed by atoms with van der Waals surface area (Å²) in [7, 11) is 1.73. The Hall–Kier alpha value is -2.45. The number of esters is 1. The summed E-state index contributed by atoms with van der Waals surface area (Å²) in [4.78, 5) is 21.3. The number of thiazole rings is 1. The summed E-state index contributed by atoms with van der Waals surface area (Å²) in [6.45, 7) is 9.93. The third kappa shape index (κ3) is 6.83. The largest absolute Gasteiger partial charge is 0.462 e. The van der Waals surface area contributed by atoms with Gasteiger partial charge in [-0.3, -0.25) is 4.99 Å². The molecule has 1 heterocycles. The molecule has 1 aromatic carbocycles. The Morgan fingerprint density at radius 1 is 1.21 bits per heavy atom. The number of carbonyl (C=O) groups excluding carboxylic acids is 1. The number of benzene rings is 1. The van der Waals surface area contributed by atoms with Gasteiger partial charge < -0.3 is 20.1 Å². The first-order valence-corrected chi connectivity index (χ1v) is 10.6. The van der Waals surface area contributed by atoms with Crippen LogP contribution in [0.15, 0.2) is 29.3 Å². The van der Waals surface area contributed by atoms with E-state index < -0.39 is 0 Å². The minimum Gasteiger partial charge on any atom is -0.462 e. The number of aryl methyl sites for hydroxylation is 1. The van der Waals surface area contributed by atoms with Crippen molar-refractivity contribution in [2.45, 2.75) is 46.9 Å². The summed E-state index contributed by atoms with van der Waals surface area (Å²) in [5.41, 5.74) is 2.99. The molecule has 2 N–H and O–H groups in total. The van der Waals surface area contributed by atoms with Crippen LogP contribution in [-0.4, -0.2) is 37.2 Å². The molecule has 1 aromatic heterocycles. The highest BCUT2D eigenvalue weighted by molar-refractivity contribution is 7.13. The van der Waals surface area contributed by atoms with Crippen LogP contribution in [0.1, 0.15) is 58.3 Å². The minimum absolute atomic E-state index is 0.0957. The molecule has 7 nitrogen and oxygen atoms in total. The molecule has 0 radical (unpaired) electrons. The van der Waals surface area contributed by atoms with Gasteiger partial charge in [-0.2, -0.15) is 0 Å². The fourth-order valence-electron chi connectivity index (χ4n) is 2.61. The maximum atomic E-state index is 12.0. The van der Waals surface area contributed by atoms with Gasteiger partial charge in [-0.05, 0) is 38.8 Å². The summed E-state index contributed by atoms with van der Waals surface area (Å²) in [5.74, 6) is 0.345. The highest BCUT2D eigenvalue weighted by Crippen LogP contribution is 2.24. The molecule has 0 amide bonds. The summed E-state index contributed by atoms with van der Waals surface area (Å²) < 4.78 is 10.5. The molecular formula is C21H30N4O3S. The second-order valence-electron chi connectivity index (χ2n) is 6.43. The molecule has 0 bridgehead atoms. The molecule has 1 atom stereocenters. The molecule has 2 rings (SSSR count). The molecule has 0 fully saturated rings. The molecule has 0 aliphatic rings. The molecule has 0 aliphatic heterocycles. The van der Waals surface area contributed by atoms with E-state index in [0.29, 0.717) is 42.9 Å². The van der Waals surface area contributed by atoms with Gasteiger partial charge in [0.05, 0.1) is 24.9 Å². The predicted octanol–water partition coefficient (Wildman–Crippen LogP) is 3.59. The van der Waals surface area contributed by atoms with Gasteiger partial charge in [0.1, 0.15) is 9.88 Å². The second-order valence-corrected chi connectivity index (χ2v) is 7.46. The quantitative estimate of drug-likeness (QED) is 0.368. The van der Waals surface area contributed by atoms with Crippen molar-refractivity contribution < 1.29 is 14.3 Å². The smallest absolute Gasteiger partial charge is 0.350 e. The zero-order valence-corrected chi connectivity index (χ0v) is 18.6. The first-order chi connectivity index (χ1) is 14.0. The van der Waals surface area contributed by atoms with Crippen LogP contribution in [0, 0.1) is 6.92 Å². The average molecular weight is 419 g/mol. The number of hydrogen-bond donors (Lipinski definition) is 2. The molecule has 0 spiro atoms. The average Bonchev–Trinajstić information content (AvgIpc) is 3.12. The van der Waals surface area contributed by atoms with Crippen LogP contribution in [0.4, 0.5) is 0 Å². The number of nitrogens with one attached hydrogen (secondary N) is 2. The molecule has 158 valence electrons. The van der Waals surface area contributed by atoms with Crippen molar-refractivity contribution in [1.82, 2.24) is 15.6 Å². The van der Waals surface area contributed by atoms with Crippen LogP contribution >= 0.6 is 11.3 Å². The SMILES string of the molecule is CCOCc1ccc(CNC(=NC)NC(C)c2nc(C)c(C(=O)OCC)s2)cc1. The monoisotopic (exact) mass is 418 g/mol. The lowest BCUT2D eigenvalue weighted by atomic mass is 10.1. The van der Waals surface area contributed by atoms with E-state index >= 15 is 0 Å². The van der Waals surface area contributed by atoms with Gasteiger partial charge >= 0.3 is 5.97 Å². The van der Waals surface area contributed by atoms with E-state index in [1.165, 1.54) is 11.3 Å². The van der Waals surface area contributed by atoms with Crippen molar-refractivity contribution in [3.8, 4) is 0 Å². The van der Waals surface area contributed by atoms with E-state index in [9.17, 15) is 4.79 Å². The topological polar surface area (TPSA) is 84.8 Å². The number of guanidine groups is 1. The molecule has 29 heavy (non-hydrogen) atoms. The number of rotatable bonds is 9. The highest BCUT2D eigenvalue weighted by atomic mass is 32.1. The van der Waals surface area contributed by atoms with E-state index in [-0.39, 0.29) is 12.0 Å². The van der Waals surface area contributed by atoms with Crippen LogP contribution in [0.3, 0.4) is 0 Å². The fraction of sp³-hybridized carbons (Fsp3) is 0.476. The summed E-state index contributed by atoms with van der Waals surface area (Å²) in [6.07, 6.45) is 0. The van der Waals surface area contributed by atoms with Crippen molar-refractivity contribution in [1.29, 1.82) is 0 Å². The predicted molar refractivity (Wildman–Crippen MR) is 116 cm³/mol. The Morgan fingerprint density at radius 2 is 1.90 bits per heavy atom. The fourth-order valence-corrected chi connectivity index (χ4v) is 3.57. The normalized spacial score (nSPS) is 12.5. The van der Waals surface area contributed by atoms with Gasteiger partial charge in [0.25, 0.3) is 0 Å². The zero-order valence-electron chi connectivity index (χ0n) is 17.7. The Kier molecular flexibility index (Phi) is 9.08. The van der Waals surface area contributed by atoms with E-state index in [1.807, 2.05) is 20.8 Å². The van der Waals surface area contributed by atoms with Gasteiger partial charge in [-0.15, -0.1) is 11.3 Å². The molecule has 0 saturated heterocycles. The van der Waals surface area contributed by atoms with Crippen LogP contribution in [0.2, 0.25) is 0 Å². The maximum absolute atomic E-state index is 12.0. The van der Waals surface area contributed by atoms with Crippen molar-refractivity contribution in [2.24, 2.45) is 4.99 Å². The van der Waals surface area contributed by atoms with Gasteiger partial charge in [0.15, 0.2) is 5.96 Å². The lowest BCUT2D eigenvalue weighted by molar-refractivity contribution is 0.0531. The Balaban J connectivity index is 1.92. The van der Waals surface area contributed by atoms with E-state index in [4.69, 9.17) is 9.47 Å². The standard InChI is InChI=1S/C21H30N4O3S/c1-6-27-13-17-10-8-16(9-11-17)12-23-21(22-5)25-15(4)19-24-14(3)18(29-19)20(26)28-7-2/h8-11,15H,6-7,12-13H2,1-5H3,(H2,22,23,25). The van der Waals surface area contributed by atoms with Gasteiger partial charge in [0.2, 0.25) is 0 Å². The van der Waals surface area contributed by atoms with Crippen molar-refractivity contribution >= 4 is 23.3 Å². The number of aliphatic imine (C=N–C) groups is 1. The maximum Gasteiger partial charge on any atom is 0.350 e.